The lowest BCUT2D eigenvalue weighted by Gasteiger charge is -2.29. The molecule has 5 heteroatoms. The molecule has 1 aliphatic rings. The van der Waals surface area contributed by atoms with Crippen molar-refractivity contribution in [1.82, 2.24) is 4.98 Å². The van der Waals surface area contributed by atoms with Crippen molar-refractivity contribution in [3.05, 3.63) is 48.8 Å². The molecule has 2 N–H and O–H groups in total. The number of rotatable bonds is 7. The van der Waals surface area contributed by atoms with Gasteiger partial charge in [0.05, 0.1) is 24.7 Å². The fraction of sp³-hybridized carbons (Fsp3) is 0.381. The molecule has 0 saturated heterocycles. The predicted octanol–water partition coefficient (Wildman–Crippen LogP) is 5.08. The molecule has 1 heterocycles. The highest BCUT2D eigenvalue weighted by atomic mass is 16.5. The Hall–Kier alpha value is -2.69. The normalized spacial score (nSPS) is 14.1. The Balaban J connectivity index is 1.90. The van der Waals surface area contributed by atoms with E-state index in [4.69, 9.17) is 4.74 Å². The third kappa shape index (κ3) is 3.77. The van der Waals surface area contributed by atoms with Gasteiger partial charge in [-0.15, -0.1) is 0 Å². The largest absolute Gasteiger partial charge is 0.497 e. The molecule has 1 aromatic carbocycles. The van der Waals surface area contributed by atoms with Gasteiger partial charge in [-0.3, -0.25) is 0 Å². The minimum Gasteiger partial charge on any atom is -0.497 e. The molecule has 0 aliphatic heterocycles. The molecule has 1 saturated carbocycles. The van der Waals surface area contributed by atoms with E-state index in [-0.39, 0.29) is 0 Å². The van der Waals surface area contributed by atoms with E-state index in [0.717, 1.165) is 34.2 Å². The molecular weight excluding hydrogens is 324 g/mol. The van der Waals surface area contributed by atoms with Gasteiger partial charge in [0.25, 0.3) is 0 Å². The Morgan fingerprint density at radius 2 is 2.00 bits per heavy atom. The average Bonchev–Trinajstić information content (AvgIpc) is 3.18. The summed E-state index contributed by atoms with van der Waals surface area (Å²) in [4.78, 5) is 6.85. The van der Waals surface area contributed by atoms with Crippen molar-refractivity contribution < 1.29 is 4.74 Å². The molecule has 0 radical (unpaired) electrons. The number of nitrogens with zero attached hydrogens (tertiary/aromatic N) is 2. The van der Waals surface area contributed by atoms with Crippen molar-refractivity contribution in [3.63, 3.8) is 0 Å². The monoisotopic (exact) mass is 352 g/mol. The molecule has 5 nitrogen and oxygen atoms in total. The summed E-state index contributed by atoms with van der Waals surface area (Å²) in [6.45, 7) is 6.11. The van der Waals surface area contributed by atoms with Crippen LogP contribution >= 0.6 is 0 Å². The highest BCUT2D eigenvalue weighted by Gasteiger charge is 2.23. The molecule has 1 fully saturated rings. The summed E-state index contributed by atoms with van der Waals surface area (Å²) in [6, 6.07) is 8.59. The Labute approximate surface area is 156 Å². The maximum atomic E-state index is 5.28. The molecule has 0 spiro atoms. The number of methoxy groups -OCH3 is 1. The number of nitrogens with one attached hydrogen (secondary N) is 2. The standard InChI is InChI=1S/C21H28N4O/c1-5-25(16-8-6-7-9-16)20-13-21(23-14-19(20)22-3)24-18-11-10-17(26-4)12-15(18)2/h5,10-14,16,22H,1,6-9H2,2-4H3,(H,23,24). The van der Waals surface area contributed by atoms with Crippen LogP contribution in [0.5, 0.6) is 5.75 Å². The van der Waals surface area contributed by atoms with E-state index in [1.165, 1.54) is 25.7 Å². The first kappa shape index (κ1) is 18.1. The molecule has 0 atom stereocenters. The number of benzene rings is 1. The van der Waals surface area contributed by atoms with E-state index in [1.54, 1.807) is 7.11 Å². The van der Waals surface area contributed by atoms with Crippen LogP contribution in [0.15, 0.2) is 43.2 Å². The van der Waals surface area contributed by atoms with Crippen LogP contribution in [0.4, 0.5) is 22.9 Å². The van der Waals surface area contributed by atoms with Gasteiger partial charge in [0.2, 0.25) is 0 Å². The maximum Gasteiger partial charge on any atom is 0.132 e. The van der Waals surface area contributed by atoms with Crippen LogP contribution in [0.1, 0.15) is 31.2 Å². The summed E-state index contributed by atoms with van der Waals surface area (Å²) in [5, 5.41) is 6.68. The first-order valence-electron chi connectivity index (χ1n) is 9.16. The van der Waals surface area contributed by atoms with E-state index in [1.807, 2.05) is 37.6 Å². The fourth-order valence-corrected chi connectivity index (χ4v) is 3.59. The van der Waals surface area contributed by atoms with Crippen LogP contribution in [-0.4, -0.2) is 25.2 Å². The summed E-state index contributed by atoms with van der Waals surface area (Å²) in [6.07, 6.45) is 8.79. The van der Waals surface area contributed by atoms with E-state index < -0.39 is 0 Å². The van der Waals surface area contributed by atoms with Crippen LogP contribution in [0.2, 0.25) is 0 Å². The SMILES string of the molecule is C=CN(c1cc(Nc2ccc(OC)cc2C)ncc1NC)C1CCCC1. The molecule has 1 aromatic heterocycles. The molecule has 1 aliphatic carbocycles. The number of aromatic nitrogens is 1. The molecule has 0 bridgehead atoms. The summed E-state index contributed by atoms with van der Waals surface area (Å²) >= 11 is 0. The molecule has 0 amide bonds. The zero-order valence-electron chi connectivity index (χ0n) is 15.9. The average molecular weight is 352 g/mol. The topological polar surface area (TPSA) is 49.4 Å². The summed E-state index contributed by atoms with van der Waals surface area (Å²) in [5.41, 5.74) is 4.25. The fourth-order valence-electron chi connectivity index (χ4n) is 3.59. The minimum absolute atomic E-state index is 0.512. The second-order valence-corrected chi connectivity index (χ2v) is 6.67. The summed E-state index contributed by atoms with van der Waals surface area (Å²) < 4.78 is 5.28. The smallest absolute Gasteiger partial charge is 0.132 e. The van der Waals surface area contributed by atoms with E-state index >= 15 is 0 Å². The lowest BCUT2D eigenvalue weighted by molar-refractivity contribution is 0.414. The number of pyridine rings is 1. The first-order chi connectivity index (χ1) is 12.7. The second kappa shape index (κ2) is 8.13. The van der Waals surface area contributed by atoms with Gasteiger partial charge in [0, 0.05) is 24.8 Å². The van der Waals surface area contributed by atoms with Crippen LogP contribution < -0.4 is 20.3 Å². The minimum atomic E-state index is 0.512. The van der Waals surface area contributed by atoms with Crippen LogP contribution in [0, 0.1) is 6.92 Å². The quantitative estimate of drug-likeness (QED) is 0.728. The maximum absolute atomic E-state index is 5.28. The van der Waals surface area contributed by atoms with Crippen LogP contribution in [-0.2, 0) is 0 Å². The highest BCUT2D eigenvalue weighted by molar-refractivity contribution is 5.75. The van der Waals surface area contributed by atoms with E-state index in [2.05, 4.69) is 40.1 Å². The van der Waals surface area contributed by atoms with Gasteiger partial charge in [0.15, 0.2) is 0 Å². The predicted molar refractivity (Wildman–Crippen MR) is 110 cm³/mol. The van der Waals surface area contributed by atoms with Crippen molar-refractivity contribution in [2.24, 2.45) is 0 Å². The van der Waals surface area contributed by atoms with Crippen LogP contribution in [0.3, 0.4) is 0 Å². The van der Waals surface area contributed by atoms with Crippen molar-refractivity contribution >= 4 is 22.9 Å². The lowest BCUT2D eigenvalue weighted by atomic mass is 10.1. The van der Waals surface area contributed by atoms with E-state index in [9.17, 15) is 0 Å². The van der Waals surface area contributed by atoms with Gasteiger partial charge in [-0.1, -0.05) is 19.4 Å². The molecule has 3 rings (SSSR count). The summed E-state index contributed by atoms with van der Waals surface area (Å²) in [5.74, 6) is 1.67. The molecule has 26 heavy (non-hydrogen) atoms. The van der Waals surface area contributed by atoms with Gasteiger partial charge >= 0.3 is 0 Å². The number of anilines is 4. The third-order valence-corrected chi connectivity index (χ3v) is 5.04. The van der Waals surface area contributed by atoms with Crippen molar-refractivity contribution in [2.75, 3.05) is 29.7 Å². The number of hydrogen-bond acceptors (Lipinski definition) is 5. The zero-order chi connectivity index (χ0) is 18.5. The number of hydrogen-bond donors (Lipinski definition) is 2. The van der Waals surface area contributed by atoms with Crippen molar-refractivity contribution in [1.29, 1.82) is 0 Å². The van der Waals surface area contributed by atoms with Crippen molar-refractivity contribution in [3.8, 4) is 5.75 Å². The van der Waals surface area contributed by atoms with Gasteiger partial charge in [-0.05, 0) is 49.7 Å². The Morgan fingerprint density at radius 3 is 2.62 bits per heavy atom. The van der Waals surface area contributed by atoms with E-state index in [0.29, 0.717) is 6.04 Å². The van der Waals surface area contributed by atoms with Crippen LogP contribution in [0.25, 0.3) is 0 Å². The first-order valence-corrected chi connectivity index (χ1v) is 9.16. The zero-order valence-corrected chi connectivity index (χ0v) is 15.9. The molecule has 138 valence electrons. The third-order valence-electron chi connectivity index (χ3n) is 5.04. The second-order valence-electron chi connectivity index (χ2n) is 6.67. The highest BCUT2D eigenvalue weighted by Crippen LogP contribution is 2.35. The Morgan fingerprint density at radius 1 is 1.23 bits per heavy atom. The number of aryl methyl sites for hydroxylation is 1. The summed E-state index contributed by atoms with van der Waals surface area (Å²) in [7, 11) is 3.61. The molecule has 2 aromatic rings. The Kier molecular flexibility index (Phi) is 5.66. The number of ether oxygens (including phenoxy) is 1. The van der Waals surface area contributed by atoms with Gasteiger partial charge in [-0.25, -0.2) is 4.98 Å². The lowest BCUT2D eigenvalue weighted by Crippen LogP contribution is -2.28. The molecular formula is C21H28N4O. The van der Waals surface area contributed by atoms with Gasteiger partial charge in [0.1, 0.15) is 11.6 Å². The van der Waals surface area contributed by atoms with Gasteiger partial charge < -0.3 is 20.3 Å². The Bertz CT molecular complexity index is 769. The van der Waals surface area contributed by atoms with Crippen molar-refractivity contribution in [2.45, 2.75) is 38.6 Å². The molecule has 0 unspecified atom stereocenters. The van der Waals surface area contributed by atoms with Gasteiger partial charge in [-0.2, -0.15) is 0 Å².